The van der Waals surface area contributed by atoms with Crippen LogP contribution in [0, 0.1) is 0 Å². The predicted molar refractivity (Wildman–Crippen MR) is 81.6 cm³/mol. The maximum absolute atomic E-state index is 5.75. The van der Waals surface area contributed by atoms with Crippen molar-refractivity contribution in [3.05, 3.63) is 30.1 Å². The van der Waals surface area contributed by atoms with E-state index in [1.54, 1.807) is 0 Å². The van der Waals surface area contributed by atoms with E-state index in [2.05, 4.69) is 41.2 Å². The number of unbranched alkanes of at least 4 members (excludes halogenated alkanes) is 1. The molecule has 0 spiro atoms. The van der Waals surface area contributed by atoms with Crippen LogP contribution in [0.2, 0.25) is 0 Å². The number of rotatable bonds is 7. The summed E-state index contributed by atoms with van der Waals surface area (Å²) in [5.41, 5.74) is 1.30. The minimum atomic E-state index is 0.378. The highest BCUT2D eigenvalue weighted by Crippen LogP contribution is 2.11. The lowest BCUT2D eigenvalue weighted by Gasteiger charge is -2.35. The summed E-state index contributed by atoms with van der Waals surface area (Å²) >= 11 is 0. The zero-order chi connectivity index (χ0) is 14.2. The van der Waals surface area contributed by atoms with Crippen LogP contribution in [0.1, 0.15) is 32.3 Å². The fourth-order valence-electron chi connectivity index (χ4n) is 2.79. The van der Waals surface area contributed by atoms with Crippen LogP contribution >= 0.6 is 0 Å². The lowest BCUT2D eigenvalue weighted by atomic mass is 10.2. The van der Waals surface area contributed by atoms with Crippen LogP contribution in [0.15, 0.2) is 24.5 Å². The van der Waals surface area contributed by atoms with Gasteiger partial charge in [0.05, 0.1) is 12.2 Å². The number of nitrogens with one attached hydrogen (secondary N) is 1. The first-order valence-electron chi connectivity index (χ1n) is 7.71. The van der Waals surface area contributed by atoms with Gasteiger partial charge in [0.25, 0.3) is 0 Å². The van der Waals surface area contributed by atoms with E-state index in [4.69, 9.17) is 4.74 Å². The van der Waals surface area contributed by atoms with Crippen molar-refractivity contribution in [2.75, 3.05) is 26.2 Å². The van der Waals surface area contributed by atoms with Gasteiger partial charge in [0.15, 0.2) is 0 Å². The predicted octanol–water partition coefficient (Wildman–Crippen LogP) is 2.06. The number of aromatic nitrogens is 1. The zero-order valence-corrected chi connectivity index (χ0v) is 12.7. The molecule has 1 aliphatic rings. The Morgan fingerprint density at radius 3 is 2.60 bits per heavy atom. The molecule has 1 N–H and O–H groups in total. The third-order valence-electron chi connectivity index (χ3n) is 3.65. The Morgan fingerprint density at radius 1 is 1.20 bits per heavy atom. The molecule has 1 saturated heterocycles. The molecular weight excluding hydrogens is 250 g/mol. The van der Waals surface area contributed by atoms with Crippen molar-refractivity contribution in [3.8, 4) is 0 Å². The molecule has 0 saturated carbocycles. The standard InChI is InChI=1S/C16H27N3O/c1-14-12-19(13-15(2)20-14)10-4-3-7-18-11-16-5-8-17-9-6-16/h5-6,8-9,14-15,18H,3-4,7,10-13H2,1-2H3. The lowest BCUT2D eigenvalue weighted by Crippen LogP contribution is -2.45. The molecule has 20 heavy (non-hydrogen) atoms. The van der Waals surface area contributed by atoms with Gasteiger partial charge < -0.3 is 10.1 Å². The summed E-state index contributed by atoms with van der Waals surface area (Å²) in [6, 6.07) is 4.12. The maximum Gasteiger partial charge on any atom is 0.0678 e. The van der Waals surface area contributed by atoms with Crippen molar-refractivity contribution in [1.82, 2.24) is 15.2 Å². The highest BCUT2D eigenvalue weighted by atomic mass is 16.5. The van der Waals surface area contributed by atoms with Gasteiger partial charge in [-0.05, 0) is 57.5 Å². The van der Waals surface area contributed by atoms with Gasteiger partial charge in [-0.1, -0.05) is 0 Å². The number of nitrogens with zero attached hydrogens (tertiary/aromatic N) is 2. The highest BCUT2D eigenvalue weighted by Gasteiger charge is 2.21. The van der Waals surface area contributed by atoms with Crippen molar-refractivity contribution in [1.29, 1.82) is 0 Å². The molecule has 2 heterocycles. The summed E-state index contributed by atoms with van der Waals surface area (Å²) in [6.45, 7) is 9.70. The Bertz CT molecular complexity index is 361. The summed E-state index contributed by atoms with van der Waals surface area (Å²) in [5, 5.41) is 3.49. The van der Waals surface area contributed by atoms with Crippen molar-refractivity contribution < 1.29 is 4.74 Å². The molecule has 1 aromatic rings. The number of pyridine rings is 1. The normalized spacial score (nSPS) is 23.9. The van der Waals surface area contributed by atoms with Crippen molar-refractivity contribution >= 4 is 0 Å². The molecule has 1 aromatic heterocycles. The topological polar surface area (TPSA) is 37.4 Å². The largest absolute Gasteiger partial charge is 0.373 e. The summed E-state index contributed by atoms with van der Waals surface area (Å²) in [6.07, 6.45) is 6.93. The van der Waals surface area contributed by atoms with Crippen LogP contribution in [-0.4, -0.2) is 48.3 Å². The van der Waals surface area contributed by atoms with Gasteiger partial charge in [-0.2, -0.15) is 0 Å². The van der Waals surface area contributed by atoms with Crippen LogP contribution in [0.3, 0.4) is 0 Å². The Kier molecular flexibility index (Phi) is 6.43. The van der Waals surface area contributed by atoms with E-state index in [1.807, 2.05) is 12.4 Å². The van der Waals surface area contributed by atoms with Crippen LogP contribution in [0.5, 0.6) is 0 Å². The smallest absolute Gasteiger partial charge is 0.0678 e. The van der Waals surface area contributed by atoms with Gasteiger partial charge in [0.1, 0.15) is 0 Å². The quantitative estimate of drug-likeness (QED) is 0.774. The molecule has 1 aliphatic heterocycles. The molecule has 2 rings (SSSR count). The second-order valence-electron chi connectivity index (χ2n) is 5.76. The maximum atomic E-state index is 5.75. The SMILES string of the molecule is CC1CN(CCCCNCc2ccncc2)CC(C)O1. The van der Waals surface area contributed by atoms with E-state index < -0.39 is 0 Å². The van der Waals surface area contributed by atoms with Crippen molar-refractivity contribution in [2.45, 2.75) is 45.4 Å². The summed E-state index contributed by atoms with van der Waals surface area (Å²) < 4.78 is 5.75. The first-order valence-corrected chi connectivity index (χ1v) is 7.71. The van der Waals surface area contributed by atoms with Gasteiger partial charge in [0.2, 0.25) is 0 Å². The summed E-state index contributed by atoms with van der Waals surface area (Å²) in [7, 11) is 0. The van der Waals surface area contributed by atoms with Crippen LogP contribution in [0.4, 0.5) is 0 Å². The Hall–Kier alpha value is -0.970. The first kappa shape index (κ1) is 15.4. The Labute approximate surface area is 122 Å². The monoisotopic (exact) mass is 277 g/mol. The van der Waals surface area contributed by atoms with Crippen molar-refractivity contribution in [2.24, 2.45) is 0 Å². The minimum Gasteiger partial charge on any atom is -0.373 e. The summed E-state index contributed by atoms with van der Waals surface area (Å²) in [5.74, 6) is 0. The minimum absolute atomic E-state index is 0.378. The van der Waals surface area contributed by atoms with E-state index in [0.29, 0.717) is 12.2 Å². The van der Waals surface area contributed by atoms with Crippen molar-refractivity contribution in [3.63, 3.8) is 0 Å². The average Bonchev–Trinajstić information content (AvgIpc) is 2.43. The van der Waals surface area contributed by atoms with E-state index in [-0.39, 0.29) is 0 Å². The third kappa shape index (κ3) is 5.57. The molecule has 2 unspecified atom stereocenters. The second-order valence-corrected chi connectivity index (χ2v) is 5.76. The third-order valence-corrected chi connectivity index (χ3v) is 3.65. The Balaban J connectivity index is 1.51. The molecule has 2 atom stereocenters. The van der Waals surface area contributed by atoms with Crippen LogP contribution in [-0.2, 0) is 11.3 Å². The van der Waals surface area contributed by atoms with Crippen LogP contribution < -0.4 is 5.32 Å². The number of morpholine rings is 1. The summed E-state index contributed by atoms with van der Waals surface area (Å²) in [4.78, 5) is 6.55. The number of ether oxygens (including phenoxy) is 1. The van der Waals surface area contributed by atoms with Gasteiger partial charge in [-0.3, -0.25) is 9.88 Å². The highest BCUT2D eigenvalue weighted by molar-refractivity contribution is 5.08. The molecule has 112 valence electrons. The molecule has 4 heteroatoms. The van der Waals surface area contributed by atoms with Gasteiger partial charge in [-0.25, -0.2) is 0 Å². The molecule has 4 nitrogen and oxygen atoms in total. The molecule has 0 aliphatic carbocycles. The van der Waals surface area contributed by atoms with E-state index in [9.17, 15) is 0 Å². The zero-order valence-electron chi connectivity index (χ0n) is 12.7. The molecular formula is C16H27N3O. The van der Waals surface area contributed by atoms with E-state index >= 15 is 0 Å². The molecule has 0 amide bonds. The van der Waals surface area contributed by atoms with Gasteiger partial charge in [-0.15, -0.1) is 0 Å². The Morgan fingerprint density at radius 2 is 1.90 bits per heavy atom. The van der Waals surface area contributed by atoms with Gasteiger partial charge >= 0.3 is 0 Å². The molecule has 0 aromatic carbocycles. The molecule has 0 radical (unpaired) electrons. The van der Waals surface area contributed by atoms with Gasteiger partial charge in [0, 0.05) is 32.0 Å². The molecule has 0 bridgehead atoms. The molecule has 1 fully saturated rings. The van der Waals surface area contributed by atoms with Crippen LogP contribution in [0.25, 0.3) is 0 Å². The fraction of sp³-hybridized carbons (Fsp3) is 0.688. The first-order chi connectivity index (χ1) is 9.74. The lowest BCUT2D eigenvalue weighted by molar-refractivity contribution is -0.0681. The number of hydrogen-bond donors (Lipinski definition) is 1. The number of hydrogen-bond acceptors (Lipinski definition) is 4. The average molecular weight is 277 g/mol. The van der Waals surface area contributed by atoms with E-state index in [0.717, 1.165) is 26.2 Å². The fourth-order valence-corrected chi connectivity index (χ4v) is 2.79. The van der Waals surface area contributed by atoms with E-state index in [1.165, 1.54) is 24.9 Å². The second kappa shape index (κ2) is 8.35.